The number of nitrogens with one attached hydrogen (secondary N) is 7. The molecule has 0 bridgehead atoms. The van der Waals surface area contributed by atoms with Crippen LogP contribution in [0.5, 0.6) is 0 Å². The molecular formula is C64H81ClN14O48P6. The molecular weight excluding hydrogens is 1950 g/mol. The fourth-order valence-electron chi connectivity index (χ4n) is 14.2. The van der Waals surface area contributed by atoms with Crippen LogP contribution in [0.15, 0.2) is 155 Å². The number of H-pyrrole nitrogens is 6. The van der Waals surface area contributed by atoms with Gasteiger partial charge in [0.05, 0.1) is 39.6 Å². The summed E-state index contributed by atoms with van der Waals surface area (Å²) in [6, 6.07) is 11.0. The molecule has 1 aromatic carbocycles. The van der Waals surface area contributed by atoms with Gasteiger partial charge in [0.15, 0.2) is 37.4 Å². The zero-order valence-electron chi connectivity index (χ0n) is 67.3. The van der Waals surface area contributed by atoms with Crippen LogP contribution in [0.1, 0.15) is 42.9 Å². The van der Waals surface area contributed by atoms with Gasteiger partial charge in [0.2, 0.25) is 0 Å². The Bertz CT molecular complexity index is 6470. The normalized spacial score (nSPS) is 31.6. The molecule has 0 aliphatic carbocycles. The summed E-state index contributed by atoms with van der Waals surface area (Å²) in [4.78, 5) is 231. The number of phosphoric ester groups is 5. The quantitative estimate of drug-likeness (QED) is 0.0125. The lowest BCUT2D eigenvalue weighted by molar-refractivity contribution is -0.0669. The second kappa shape index (κ2) is 41.4. The summed E-state index contributed by atoms with van der Waals surface area (Å²) in [7, 11) is -33.1. The predicted octanol–water partition coefficient (Wildman–Crippen LogP) is -8.71. The van der Waals surface area contributed by atoms with E-state index in [2.05, 4.69) is 5.09 Å². The van der Waals surface area contributed by atoms with Crippen LogP contribution in [-0.2, 0) is 112 Å². The molecule has 13 rings (SSSR count). The zero-order chi connectivity index (χ0) is 96.6. The average Bonchev–Trinajstić information content (AvgIpc) is 1.60. The topological polar surface area (TPSA) is 867 Å². The maximum Gasteiger partial charge on any atom is 0.472 e. The number of hydrogen-bond donors (Lipinski definition) is 20. The largest absolute Gasteiger partial charge is 0.472 e. The number of hydrogen-bond acceptors (Lipinski definition) is 43. The highest BCUT2D eigenvalue weighted by molar-refractivity contribution is 7.50. The second-order valence-corrected chi connectivity index (χ2v) is 38.6. The van der Waals surface area contributed by atoms with Gasteiger partial charge in [-0.2, -0.15) is 0 Å². The third-order valence-corrected chi connectivity index (χ3v) is 26.8. The lowest BCUT2D eigenvalue weighted by Crippen LogP contribution is -2.40. The van der Waals surface area contributed by atoms with Crippen molar-refractivity contribution in [3.63, 3.8) is 0 Å². The summed E-state index contributed by atoms with van der Waals surface area (Å²) < 4.78 is 179. The highest BCUT2D eigenvalue weighted by atomic mass is 35.5. The minimum absolute atomic E-state index is 0.305. The number of ether oxygens (including phenoxy) is 6. The number of phosphoric acid groups is 5. The summed E-state index contributed by atoms with van der Waals surface area (Å²) in [5, 5.41) is 82.5. The molecule has 6 aromatic heterocycles. The smallest absolute Gasteiger partial charge is 0.387 e. The first-order valence-electron chi connectivity index (χ1n) is 38.4. The number of anilines is 1. The average molecular weight is 2040 g/mol. The number of aromatic nitrogens is 12. The Kier molecular flexibility index (Phi) is 31.8. The van der Waals surface area contributed by atoms with E-state index in [1.54, 1.807) is 31.3 Å². The van der Waals surface area contributed by atoms with Gasteiger partial charge in [-0.3, -0.25) is 136 Å². The van der Waals surface area contributed by atoms with Gasteiger partial charge in [0, 0.05) is 105 Å². The first-order valence-corrected chi connectivity index (χ1v) is 48.0. The number of benzene rings is 1. The Hall–Kier alpha value is -8.47. The Morgan fingerprint density at radius 1 is 0.331 bits per heavy atom. The minimum Gasteiger partial charge on any atom is -0.387 e. The monoisotopic (exact) mass is 2030 g/mol. The molecule has 6 aliphatic heterocycles. The Morgan fingerprint density at radius 3 is 0.782 bits per heavy atom. The van der Waals surface area contributed by atoms with Crippen LogP contribution in [0, 0.1) is 0 Å². The van der Waals surface area contributed by atoms with Crippen LogP contribution in [0.2, 0.25) is 0 Å². The van der Waals surface area contributed by atoms with Crippen LogP contribution < -0.4 is 77.5 Å². The number of aliphatic hydroxyl groups excluding tert-OH is 7. The third-order valence-electron chi connectivity index (χ3n) is 20.6. The van der Waals surface area contributed by atoms with Crippen molar-refractivity contribution in [1.82, 2.24) is 62.4 Å². The summed E-state index contributed by atoms with van der Waals surface area (Å²) in [5.74, 6) is 0.305. The van der Waals surface area contributed by atoms with E-state index in [4.69, 9.17) is 89.8 Å². The Morgan fingerprint density at radius 2 is 0.549 bits per heavy atom. The van der Waals surface area contributed by atoms with Gasteiger partial charge in [-0.15, -0.1) is 11.6 Å². The number of rotatable bonds is 40. The van der Waals surface area contributed by atoms with E-state index in [1.165, 1.54) is 0 Å². The predicted molar refractivity (Wildman–Crippen MR) is 430 cm³/mol. The van der Waals surface area contributed by atoms with Crippen molar-refractivity contribution in [3.05, 3.63) is 228 Å². The standard InChI is InChI=1S/C64H81ClN14O48P6/c1-73(19-12-65)28-4-2-27(3-5-28)20-66-128(99,100)111-22-30-48(43(88)54(118-30)75-14-7-36(81)68-60(75)94)123-130(103,104)113-24-32-50(45(90)56(120-32)77-16-9-38(83)70-62(77)96)125-132(107,108)115-26-34-52(47(92)58(122-34)79-18-11-40(85)72-64(79)98)127-133(109,110)116-25-33-51(46(91)57(121-33)78-17-10-39(84)71-63(78)97)126-131(105,106)114-23-31-49(44(89)55(119-31)76-15-8-37(82)69-61(76)95)124-129(101,102)112-21-29-41(86)42(87)53(117-29)74-13-6-35(80)67-59(74)93/h2-11,13-18,29-34,41-58,86-92H,12,19-26H2,1H3,(H,101,102)(H,103,104)(H,105,106)(H,107,108)(H,109,110)(H2,66,99,100)(H,67,80,93)(H,68,81,94)(H,69,82,95)(H,70,83,96)(H,71,84,97)(H,72,85,98)/t29-,30-,31-,32-,33-,34-,41-,42-,43-,44-,45-,46-,47-,48-,49-,50-,51-,52-,53-,54-,55-,56-,57-,58-/m1/s1. The molecule has 0 spiro atoms. The molecule has 20 N–H and O–H groups in total. The lowest BCUT2D eigenvalue weighted by Gasteiger charge is -2.27. The highest BCUT2D eigenvalue weighted by Gasteiger charge is 2.58. The van der Waals surface area contributed by atoms with Crippen LogP contribution in [0.4, 0.5) is 5.69 Å². The summed E-state index contributed by atoms with van der Waals surface area (Å²) in [5.41, 5.74) is -12.6. The van der Waals surface area contributed by atoms with Crippen LogP contribution in [-0.4, -0.2) is 291 Å². The summed E-state index contributed by atoms with van der Waals surface area (Å²) in [6.45, 7) is -8.26. The number of nitrogens with zero attached hydrogens (tertiary/aromatic N) is 7. The molecule has 732 valence electrons. The molecule has 30 atom stereocenters. The maximum absolute atomic E-state index is 14.4. The van der Waals surface area contributed by atoms with Crippen LogP contribution in [0.3, 0.4) is 0 Å². The van der Waals surface area contributed by atoms with Crippen molar-refractivity contribution in [1.29, 1.82) is 0 Å². The van der Waals surface area contributed by atoms with Gasteiger partial charge in [0.1, 0.15) is 110 Å². The van der Waals surface area contributed by atoms with Gasteiger partial charge in [-0.05, 0) is 17.7 Å². The van der Waals surface area contributed by atoms with E-state index < -0.39 is 301 Å². The zero-order valence-corrected chi connectivity index (χ0v) is 73.4. The fourth-order valence-corrected chi connectivity index (χ4v) is 20.1. The minimum atomic E-state index is -6.13. The number of aliphatic hydroxyl groups is 7. The molecule has 0 saturated carbocycles. The molecule has 69 heteroatoms. The molecule has 62 nitrogen and oxygen atoms in total. The summed E-state index contributed by atoms with van der Waals surface area (Å²) >= 11 is 5.85. The molecule has 133 heavy (non-hydrogen) atoms. The molecule has 0 radical (unpaired) electrons. The van der Waals surface area contributed by atoms with E-state index in [9.17, 15) is 150 Å². The molecule has 6 fully saturated rings. The summed E-state index contributed by atoms with van der Waals surface area (Å²) in [6.07, 6.45) is -49.0. The molecule has 6 saturated heterocycles. The van der Waals surface area contributed by atoms with Crippen molar-refractivity contribution in [2.75, 3.05) is 64.0 Å². The van der Waals surface area contributed by atoms with E-state index in [0.717, 1.165) is 48.7 Å². The van der Waals surface area contributed by atoms with Crippen molar-refractivity contribution >= 4 is 64.1 Å². The van der Waals surface area contributed by atoms with Gasteiger partial charge in [0.25, 0.3) is 33.4 Å². The number of aromatic amines is 6. The first-order chi connectivity index (χ1) is 62.5. The van der Waals surface area contributed by atoms with Crippen molar-refractivity contribution < 1.29 is 171 Å². The van der Waals surface area contributed by atoms with Crippen molar-refractivity contribution in [2.24, 2.45) is 0 Å². The van der Waals surface area contributed by atoms with E-state index >= 15 is 0 Å². The van der Waals surface area contributed by atoms with Gasteiger partial charge in [-0.1, -0.05) is 12.1 Å². The van der Waals surface area contributed by atoms with E-state index in [0.29, 0.717) is 76.0 Å². The molecule has 6 aliphatic rings. The van der Waals surface area contributed by atoms with E-state index in [-0.39, 0.29) is 6.54 Å². The number of alkyl halides is 1. The first kappa shape index (κ1) is 102. The van der Waals surface area contributed by atoms with Crippen LogP contribution in [0.25, 0.3) is 0 Å². The Labute approximate surface area is 740 Å². The van der Waals surface area contributed by atoms with Crippen molar-refractivity contribution in [3.8, 4) is 0 Å². The molecule has 7 aromatic rings. The second-order valence-electron chi connectivity index (χ2n) is 29.5. The van der Waals surface area contributed by atoms with E-state index in [1.807, 2.05) is 34.8 Å². The SMILES string of the molecule is CN(CCCl)c1ccc(CNP(=O)(O)OC[C@H]2O[C@@H](n3ccc(=O)[nH]c3=O)[C@H](O)[C@@H]2OP(=O)(O)OC[C@H]2O[C@@H](n3ccc(=O)[nH]c3=O)[C@H](O)[C@@H]2OP(=O)(O)OC[C@H]2O[C@@H](n3ccc(=O)[nH]c3=O)[C@H](O)[C@@H]2OP(=O)(O)OC[C@H]2O[C@@H](n3ccc(=O)[nH]c3=O)[C@H](O)[C@@H]2OP(=O)(O)OC[C@H]2O[C@@H](n3ccc(=O)[nH]c3=O)[C@H](O)[C@@H]2OP(=O)(O)OC[C@H]2O[C@@H](n3ccc(=O)[nH]c3=O)[C@H](O)[C@@H]2O)cc1. The molecule has 6 unspecified atom stereocenters. The third kappa shape index (κ3) is 24.4. The van der Waals surface area contributed by atoms with Crippen LogP contribution >= 0.6 is 58.5 Å². The Balaban J connectivity index is 0.705. The van der Waals surface area contributed by atoms with Gasteiger partial charge >= 0.3 is 81.0 Å². The molecule has 0 amide bonds. The fraction of sp³-hybridized carbons (Fsp3) is 0.531. The molecule has 12 heterocycles. The van der Waals surface area contributed by atoms with Crippen molar-refractivity contribution in [2.45, 2.75) is 154 Å². The maximum atomic E-state index is 14.4. The highest BCUT2D eigenvalue weighted by Crippen LogP contribution is 2.57. The van der Waals surface area contributed by atoms with Gasteiger partial charge < -0.3 is 98.4 Å². The number of halogens is 1. The van der Waals surface area contributed by atoms with Gasteiger partial charge in [-0.25, -0.2) is 61.2 Å². The lowest BCUT2D eigenvalue weighted by atomic mass is 10.1.